The molecule has 1 heterocycles. The van der Waals surface area contributed by atoms with Crippen LogP contribution in [0.15, 0.2) is 84.9 Å². The van der Waals surface area contributed by atoms with Gasteiger partial charge >= 0.3 is 0 Å². The van der Waals surface area contributed by atoms with Crippen LogP contribution in [0, 0.1) is 6.92 Å². The number of nitrogens with zero attached hydrogens (tertiary/aromatic N) is 1. The van der Waals surface area contributed by atoms with Gasteiger partial charge in [-0.2, -0.15) is 0 Å². The zero-order chi connectivity index (χ0) is 20.6. The molecular weight excluding hydrogens is 366 g/mol. The number of hydrogen-bond donors (Lipinski definition) is 1. The van der Waals surface area contributed by atoms with Gasteiger partial charge in [-0.05, 0) is 36.5 Å². The van der Waals surface area contributed by atoms with Crippen LogP contribution in [0.3, 0.4) is 0 Å². The predicted octanol–water partition coefficient (Wildman–Crippen LogP) is 5.99. The number of benzene rings is 3. The maximum atomic E-state index is 12.5. The van der Waals surface area contributed by atoms with Crippen molar-refractivity contribution in [3.63, 3.8) is 0 Å². The summed E-state index contributed by atoms with van der Waals surface area (Å²) in [6.45, 7) is 2.10. The lowest BCUT2D eigenvalue weighted by molar-refractivity contribution is 0.0562. The third-order valence-corrected chi connectivity index (χ3v) is 7.12. The van der Waals surface area contributed by atoms with Crippen LogP contribution in [-0.2, 0) is 5.60 Å². The molecule has 0 aromatic heterocycles. The van der Waals surface area contributed by atoms with E-state index in [0.717, 1.165) is 11.1 Å². The van der Waals surface area contributed by atoms with E-state index >= 15 is 0 Å². The van der Waals surface area contributed by atoms with Crippen molar-refractivity contribution in [1.29, 1.82) is 0 Å². The molecule has 2 heteroatoms. The summed E-state index contributed by atoms with van der Waals surface area (Å²) in [5.74, 6) is 0. The first-order valence-electron chi connectivity index (χ1n) is 11.4. The largest absolute Gasteiger partial charge is 0.379 e. The van der Waals surface area contributed by atoms with E-state index < -0.39 is 5.60 Å². The minimum atomic E-state index is -1.03. The average molecular weight is 398 g/mol. The maximum absolute atomic E-state index is 12.5. The third-order valence-electron chi connectivity index (χ3n) is 7.12. The Balaban J connectivity index is 1.62. The smallest absolute Gasteiger partial charge is 0.132 e. The quantitative estimate of drug-likeness (QED) is 0.535. The molecule has 2 fully saturated rings. The van der Waals surface area contributed by atoms with Crippen molar-refractivity contribution < 1.29 is 5.11 Å². The van der Waals surface area contributed by atoms with Crippen molar-refractivity contribution in [2.75, 3.05) is 0 Å². The summed E-state index contributed by atoms with van der Waals surface area (Å²) < 4.78 is 0. The molecule has 0 spiro atoms. The molecule has 2 nitrogen and oxygen atoms in total. The van der Waals surface area contributed by atoms with Crippen LogP contribution in [0.1, 0.15) is 60.4 Å². The molecule has 2 aliphatic rings. The Labute approximate surface area is 180 Å². The van der Waals surface area contributed by atoms with Gasteiger partial charge in [0, 0.05) is 6.04 Å². The van der Waals surface area contributed by atoms with Crippen LogP contribution in [0.5, 0.6) is 0 Å². The number of hydrogen-bond acceptors (Lipinski definition) is 2. The van der Waals surface area contributed by atoms with Crippen molar-refractivity contribution in [1.82, 2.24) is 4.90 Å². The van der Waals surface area contributed by atoms with Gasteiger partial charge in [-0.15, -0.1) is 0 Å². The normalized spacial score (nSPS) is 26.1. The molecule has 1 unspecified atom stereocenters. The summed E-state index contributed by atoms with van der Waals surface area (Å²) in [5, 5.41) is 12.5. The third kappa shape index (κ3) is 3.38. The van der Waals surface area contributed by atoms with Crippen molar-refractivity contribution in [2.45, 2.75) is 62.8 Å². The van der Waals surface area contributed by atoms with Crippen molar-refractivity contribution in [2.24, 2.45) is 0 Å². The van der Waals surface area contributed by atoms with Crippen LogP contribution >= 0.6 is 0 Å². The Morgan fingerprint density at radius 2 is 1.30 bits per heavy atom. The second-order valence-electron chi connectivity index (χ2n) is 9.04. The van der Waals surface area contributed by atoms with E-state index in [9.17, 15) is 5.11 Å². The Morgan fingerprint density at radius 1 is 0.733 bits per heavy atom. The summed E-state index contributed by atoms with van der Waals surface area (Å²) >= 11 is 0. The highest BCUT2D eigenvalue weighted by molar-refractivity contribution is 5.45. The minimum Gasteiger partial charge on any atom is -0.379 e. The summed E-state index contributed by atoms with van der Waals surface area (Å²) in [5.41, 5.74) is 3.47. The van der Waals surface area contributed by atoms with Gasteiger partial charge in [-0.1, -0.05) is 110 Å². The molecule has 4 atom stereocenters. The highest BCUT2D eigenvalue weighted by Gasteiger charge is 2.62. The molecular formula is C28H31NO. The molecule has 1 aliphatic carbocycles. The summed E-state index contributed by atoms with van der Waals surface area (Å²) in [7, 11) is 0. The highest BCUT2D eigenvalue weighted by Crippen LogP contribution is 2.57. The van der Waals surface area contributed by atoms with Gasteiger partial charge in [-0.25, -0.2) is 0 Å². The lowest BCUT2D eigenvalue weighted by Crippen LogP contribution is -2.38. The maximum Gasteiger partial charge on any atom is 0.132 e. The summed E-state index contributed by atoms with van der Waals surface area (Å²) in [6.07, 6.45) is 6.40. The van der Waals surface area contributed by atoms with Crippen LogP contribution in [0.2, 0.25) is 0 Å². The Kier molecular flexibility index (Phi) is 5.22. The molecule has 154 valence electrons. The molecule has 0 amide bonds. The molecule has 0 radical (unpaired) electrons. The minimum absolute atomic E-state index is 0.0492. The molecule has 1 saturated heterocycles. The fraction of sp³-hybridized carbons (Fsp3) is 0.357. The fourth-order valence-electron chi connectivity index (χ4n) is 5.54. The molecule has 0 bridgehead atoms. The predicted molar refractivity (Wildman–Crippen MR) is 122 cm³/mol. The first-order chi connectivity index (χ1) is 14.7. The van der Waals surface area contributed by atoms with Gasteiger partial charge in [0.1, 0.15) is 5.60 Å². The standard InChI is InChI=1S/C28H31NO/c1-21-17-19-24(20-18-21)28(30,23-13-7-3-8-14-23)27-26(22-11-5-2-6-12-22)29(27)25-15-9-4-10-16-25/h2-3,5-8,11-14,17-20,25-27,30H,4,9-10,15-16H2,1H3/t26-,27+,28-,29?/m0/s1. The monoisotopic (exact) mass is 397 g/mol. The molecule has 3 aromatic rings. The summed E-state index contributed by atoms with van der Waals surface area (Å²) in [4.78, 5) is 2.61. The van der Waals surface area contributed by atoms with Gasteiger partial charge in [0.15, 0.2) is 0 Å². The topological polar surface area (TPSA) is 23.2 Å². The first kappa shape index (κ1) is 19.5. The Morgan fingerprint density at radius 3 is 1.93 bits per heavy atom. The number of aryl methyl sites for hydroxylation is 1. The SMILES string of the molecule is Cc1ccc([C@@](O)(c2ccccc2)[C@H]2[C@H](c3ccccc3)N2C2CCCCC2)cc1. The Bertz CT molecular complexity index is 963. The van der Waals surface area contributed by atoms with Crippen LogP contribution < -0.4 is 0 Å². The van der Waals surface area contributed by atoms with Gasteiger partial charge in [0.2, 0.25) is 0 Å². The van der Waals surface area contributed by atoms with Crippen LogP contribution in [0.4, 0.5) is 0 Å². The van der Waals surface area contributed by atoms with Crippen LogP contribution in [0.25, 0.3) is 0 Å². The molecule has 1 N–H and O–H groups in total. The molecule has 1 aliphatic heterocycles. The Hall–Kier alpha value is -2.42. The van der Waals surface area contributed by atoms with Crippen molar-refractivity contribution in [3.8, 4) is 0 Å². The van der Waals surface area contributed by atoms with E-state index in [2.05, 4.69) is 78.6 Å². The number of aliphatic hydroxyl groups is 1. The first-order valence-corrected chi connectivity index (χ1v) is 11.4. The van der Waals surface area contributed by atoms with E-state index in [4.69, 9.17) is 0 Å². The second-order valence-corrected chi connectivity index (χ2v) is 9.04. The van der Waals surface area contributed by atoms with E-state index in [1.165, 1.54) is 43.2 Å². The van der Waals surface area contributed by atoms with Gasteiger partial charge < -0.3 is 5.11 Å². The van der Waals surface area contributed by atoms with Gasteiger partial charge in [0.25, 0.3) is 0 Å². The molecule has 30 heavy (non-hydrogen) atoms. The van der Waals surface area contributed by atoms with E-state index in [1.807, 2.05) is 18.2 Å². The van der Waals surface area contributed by atoms with Crippen molar-refractivity contribution in [3.05, 3.63) is 107 Å². The van der Waals surface area contributed by atoms with Crippen molar-refractivity contribution >= 4 is 0 Å². The summed E-state index contributed by atoms with van der Waals surface area (Å²) in [6, 6.07) is 30.4. The zero-order valence-corrected chi connectivity index (χ0v) is 17.7. The van der Waals surface area contributed by atoms with Crippen LogP contribution in [-0.4, -0.2) is 22.1 Å². The lowest BCUT2D eigenvalue weighted by Gasteiger charge is -2.32. The average Bonchev–Trinajstić information content (AvgIpc) is 3.57. The molecule has 1 saturated carbocycles. The number of rotatable bonds is 5. The zero-order valence-electron chi connectivity index (χ0n) is 17.7. The fourth-order valence-corrected chi connectivity index (χ4v) is 5.54. The van der Waals surface area contributed by atoms with Gasteiger partial charge in [-0.3, -0.25) is 4.90 Å². The van der Waals surface area contributed by atoms with E-state index in [-0.39, 0.29) is 12.1 Å². The second kappa shape index (κ2) is 8.02. The van der Waals surface area contributed by atoms with E-state index in [1.54, 1.807) is 0 Å². The van der Waals surface area contributed by atoms with E-state index in [0.29, 0.717) is 6.04 Å². The lowest BCUT2D eigenvalue weighted by atomic mass is 9.81. The van der Waals surface area contributed by atoms with Gasteiger partial charge in [0.05, 0.1) is 12.1 Å². The highest BCUT2D eigenvalue weighted by atomic mass is 16.3. The molecule has 3 aromatic carbocycles. The molecule has 5 rings (SSSR count).